The van der Waals surface area contributed by atoms with E-state index < -0.39 is 0 Å². The van der Waals surface area contributed by atoms with Gasteiger partial charge in [0.25, 0.3) is 0 Å². The van der Waals surface area contributed by atoms with Gasteiger partial charge in [0.2, 0.25) is 5.89 Å². The van der Waals surface area contributed by atoms with Gasteiger partial charge < -0.3 is 10.2 Å². The van der Waals surface area contributed by atoms with Crippen LogP contribution >= 0.6 is 22.9 Å². The third-order valence-corrected chi connectivity index (χ3v) is 5.52. The van der Waals surface area contributed by atoms with E-state index in [-0.39, 0.29) is 0 Å². The number of rotatable bonds is 1. The fourth-order valence-electron chi connectivity index (χ4n) is 2.84. The van der Waals surface area contributed by atoms with Crippen LogP contribution in [0.25, 0.3) is 21.9 Å². The Kier molecular flexibility index (Phi) is 3.16. The molecule has 0 spiro atoms. The predicted molar refractivity (Wildman–Crippen MR) is 88.0 cm³/mol. The molecule has 3 nitrogen and oxygen atoms in total. The number of aromatic nitrogens is 1. The molecule has 21 heavy (non-hydrogen) atoms. The standard InChI is InChI=1S/C16H15ClN2OS/c17-10-7-12-13(8-11(10)18)20-16(19-12)15-6-9-4-2-1-3-5-14(9)21-15/h6-8H,1-5,18H2. The maximum absolute atomic E-state index is 6.04. The highest BCUT2D eigenvalue weighted by molar-refractivity contribution is 7.15. The highest BCUT2D eigenvalue weighted by Crippen LogP contribution is 2.37. The highest BCUT2D eigenvalue weighted by atomic mass is 35.5. The summed E-state index contributed by atoms with van der Waals surface area (Å²) in [5.74, 6) is 0.671. The van der Waals surface area contributed by atoms with Crippen molar-refractivity contribution in [2.75, 3.05) is 5.73 Å². The largest absolute Gasteiger partial charge is 0.435 e. The molecule has 0 fully saturated rings. The number of aryl methyl sites for hydroxylation is 2. The lowest BCUT2D eigenvalue weighted by Crippen LogP contribution is -1.84. The second kappa shape index (κ2) is 5.04. The van der Waals surface area contributed by atoms with Crippen molar-refractivity contribution < 1.29 is 4.42 Å². The number of nitrogens with two attached hydrogens (primary N) is 1. The second-order valence-electron chi connectivity index (χ2n) is 5.48. The van der Waals surface area contributed by atoms with Crippen LogP contribution < -0.4 is 5.73 Å². The summed E-state index contributed by atoms with van der Waals surface area (Å²) in [5, 5.41) is 0.518. The van der Waals surface area contributed by atoms with E-state index in [4.69, 9.17) is 21.8 Å². The van der Waals surface area contributed by atoms with Crippen LogP contribution in [0.2, 0.25) is 5.02 Å². The normalized spacial score (nSPS) is 15.1. The maximum atomic E-state index is 6.04. The van der Waals surface area contributed by atoms with E-state index in [2.05, 4.69) is 11.1 Å². The number of benzene rings is 1. The smallest absolute Gasteiger partial charge is 0.237 e. The molecule has 108 valence electrons. The zero-order chi connectivity index (χ0) is 14.4. The maximum Gasteiger partial charge on any atom is 0.237 e. The Bertz CT molecular complexity index is 759. The molecule has 5 heteroatoms. The van der Waals surface area contributed by atoms with Gasteiger partial charge in [0.1, 0.15) is 5.52 Å². The fourth-order valence-corrected chi connectivity index (χ4v) is 4.18. The fraction of sp³-hybridized carbons (Fsp3) is 0.312. The molecule has 3 aromatic rings. The van der Waals surface area contributed by atoms with Crippen molar-refractivity contribution in [3.8, 4) is 10.8 Å². The topological polar surface area (TPSA) is 52.0 Å². The molecule has 2 N–H and O–H groups in total. The molecule has 2 aromatic heterocycles. The molecule has 0 saturated carbocycles. The zero-order valence-electron chi connectivity index (χ0n) is 11.5. The van der Waals surface area contributed by atoms with Crippen molar-refractivity contribution in [2.24, 2.45) is 0 Å². The molecule has 0 atom stereocenters. The number of fused-ring (bicyclic) bond motifs is 2. The van der Waals surface area contributed by atoms with Gasteiger partial charge in [0.15, 0.2) is 5.58 Å². The quantitative estimate of drug-likeness (QED) is 0.504. The van der Waals surface area contributed by atoms with E-state index in [1.165, 1.54) is 42.5 Å². The molecule has 0 aliphatic heterocycles. The predicted octanol–water partition coefficient (Wildman–Crippen LogP) is 5.06. The minimum Gasteiger partial charge on any atom is -0.435 e. The van der Waals surface area contributed by atoms with E-state index in [9.17, 15) is 0 Å². The number of halogens is 1. The van der Waals surface area contributed by atoms with Crippen molar-refractivity contribution in [1.29, 1.82) is 0 Å². The average molecular weight is 319 g/mol. The Hall–Kier alpha value is -1.52. The van der Waals surface area contributed by atoms with Crippen molar-refractivity contribution >= 4 is 39.7 Å². The Balaban J connectivity index is 1.79. The van der Waals surface area contributed by atoms with Gasteiger partial charge in [0, 0.05) is 10.9 Å². The number of nitrogens with zero attached hydrogens (tertiary/aromatic N) is 1. The number of nitrogen functional groups attached to an aromatic ring is 1. The van der Waals surface area contributed by atoms with Crippen LogP contribution in [0.15, 0.2) is 22.6 Å². The van der Waals surface area contributed by atoms with Crippen molar-refractivity contribution in [1.82, 2.24) is 4.98 Å². The molecule has 0 unspecified atom stereocenters. The summed E-state index contributed by atoms with van der Waals surface area (Å²) in [6.45, 7) is 0. The van der Waals surface area contributed by atoms with Crippen molar-refractivity contribution in [3.63, 3.8) is 0 Å². The lowest BCUT2D eigenvalue weighted by molar-refractivity contribution is 0.621. The first kappa shape index (κ1) is 13.2. The van der Waals surface area contributed by atoms with Gasteiger partial charge in [-0.1, -0.05) is 18.0 Å². The first-order chi connectivity index (χ1) is 10.2. The third-order valence-electron chi connectivity index (χ3n) is 3.96. The summed E-state index contributed by atoms with van der Waals surface area (Å²) in [5.41, 5.74) is 9.25. The van der Waals surface area contributed by atoms with E-state index >= 15 is 0 Å². The summed E-state index contributed by atoms with van der Waals surface area (Å²) in [6, 6.07) is 5.74. The zero-order valence-corrected chi connectivity index (χ0v) is 13.1. The number of hydrogen-bond acceptors (Lipinski definition) is 4. The lowest BCUT2D eigenvalue weighted by Gasteiger charge is -1.94. The molecule has 0 saturated heterocycles. The summed E-state index contributed by atoms with van der Waals surface area (Å²) >= 11 is 7.84. The van der Waals surface area contributed by atoms with E-state index in [0.717, 1.165) is 10.4 Å². The molecular weight excluding hydrogens is 304 g/mol. The minimum absolute atomic E-state index is 0.518. The van der Waals surface area contributed by atoms with Crippen LogP contribution in [0, 0.1) is 0 Å². The van der Waals surface area contributed by atoms with Crippen LogP contribution in [0.4, 0.5) is 5.69 Å². The highest BCUT2D eigenvalue weighted by Gasteiger charge is 2.17. The Labute approximate surface area is 131 Å². The van der Waals surface area contributed by atoms with Crippen LogP contribution in [0.5, 0.6) is 0 Å². The molecule has 0 radical (unpaired) electrons. The van der Waals surface area contributed by atoms with Crippen LogP contribution in [0.3, 0.4) is 0 Å². The molecule has 2 heterocycles. The number of hydrogen-bond donors (Lipinski definition) is 1. The first-order valence-electron chi connectivity index (χ1n) is 7.18. The number of thiophene rings is 1. The van der Waals surface area contributed by atoms with Gasteiger partial charge in [-0.15, -0.1) is 11.3 Å². The van der Waals surface area contributed by atoms with E-state index in [0.29, 0.717) is 22.2 Å². The molecule has 0 bridgehead atoms. The molecular formula is C16H15ClN2OS. The van der Waals surface area contributed by atoms with Gasteiger partial charge in [-0.25, -0.2) is 4.98 Å². The average Bonchev–Trinajstić information content (AvgIpc) is 2.98. The monoisotopic (exact) mass is 318 g/mol. The molecule has 1 aliphatic carbocycles. The Morgan fingerprint density at radius 3 is 2.90 bits per heavy atom. The Morgan fingerprint density at radius 1 is 1.14 bits per heavy atom. The van der Waals surface area contributed by atoms with Gasteiger partial charge in [-0.05, 0) is 43.4 Å². The van der Waals surface area contributed by atoms with E-state index in [1.807, 2.05) is 0 Å². The van der Waals surface area contributed by atoms with Crippen LogP contribution in [-0.2, 0) is 12.8 Å². The molecule has 4 rings (SSSR count). The summed E-state index contributed by atoms with van der Waals surface area (Å²) in [4.78, 5) is 7.15. The molecule has 1 aromatic carbocycles. The summed E-state index contributed by atoms with van der Waals surface area (Å²) in [7, 11) is 0. The van der Waals surface area contributed by atoms with Gasteiger partial charge in [0.05, 0.1) is 15.6 Å². The van der Waals surface area contributed by atoms with Gasteiger partial charge in [-0.2, -0.15) is 0 Å². The van der Waals surface area contributed by atoms with Crippen molar-refractivity contribution in [2.45, 2.75) is 32.1 Å². The summed E-state index contributed by atoms with van der Waals surface area (Å²) in [6.07, 6.45) is 6.25. The number of oxazole rings is 1. The molecule has 1 aliphatic rings. The summed E-state index contributed by atoms with van der Waals surface area (Å²) < 4.78 is 5.86. The SMILES string of the molecule is Nc1cc2oc(-c3cc4c(s3)CCCCC4)nc2cc1Cl. The Morgan fingerprint density at radius 2 is 2.00 bits per heavy atom. The first-order valence-corrected chi connectivity index (χ1v) is 8.37. The van der Waals surface area contributed by atoms with Crippen LogP contribution in [0.1, 0.15) is 29.7 Å². The van der Waals surface area contributed by atoms with Crippen molar-refractivity contribution in [3.05, 3.63) is 33.7 Å². The second-order valence-corrected chi connectivity index (χ2v) is 7.02. The van der Waals surface area contributed by atoms with E-state index in [1.54, 1.807) is 23.5 Å². The lowest BCUT2D eigenvalue weighted by atomic mass is 10.1. The third kappa shape index (κ3) is 2.32. The number of anilines is 1. The van der Waals surface area contributed by atoms with Gasteiger partial charge in [-0.3, -0.25) is 0 Å². The van der Waals surface area contributed by atoms with Gasteiger partial charge >= 0.3 is 0 Å². The minimum atomic E-state index is 0.518. The molecule has 0 amide bonds. The van der Waals surface area contributed by atoms with Crippen LogP contribution in [-0.4, -0.2) is 4.98 Å².